The van der Waals surface area contributed by atoms with E-state index in [0.29, 0.717) is 24.0 Å². The third-order valence-corrected chi connectivity index (χ3v) is 5.16. The summed E-state index contributed by atoms with van der Waals surface area (Å²) in [5.41, 5.74) is 5.48. The molecule has 1 aliphatic heterocycles. The lowest BCUT2D eigenvalue weighted by atomic mass is 10.0. The van der Waals surface area contributed by atoms with Crippen LogP contribution < -0.4 is 10.5 Å². The van der Waals surface area contributed by atoms with Crippen LogP contribution in [0.15, 0.2) is 42.5 Å². The first-order chi connectivity index (χ1) is 14.6. The Kier molecular flexibility index (Phi) is 6.93. The van der Waals surface area contributed by atoms with Gasteiger partial charge in [-0.1, -0.05) is 24.3 Å². The molecule has 2 aromatic rings. The second-order valence-electron chi connectivity index (χ2n) is 8.58. The monoisotopic (exact) mass is 434 g/mol. The zero-order valence-corrected chi connectivity index (χ0v) is 17.8. The van der Waals surface area contributed by atoms with Gasteiger partial charge in [0.25, 0.3) is 0 Å². The third kappa shape index (κ3) is 5.58. The van der Waals surface area contributed by atoms with Crippen LogP contribution in [0.5, 0.6) is 5.75 Å². The van der Waals surface area contributed by atoms with E-state index in [1.807, 2.05) is 0 Å². The maximum absolute atomic E-state index is 15.0. The molecule has 1 heterocycles. The van der Waals surface area contributed by atoms with Crippen LogP contribution in [0.25, 0.3) is 0 Å². The van der Waals surface area contributed by atoms with Crippen LogP contribution in [0.1, 0.15) is 50.8 Å². The van der Waals surface area contributed by atoms with Crippen LogP contribution >= 0.6 is 0 Å². The minimum absolute atomic E-state index is 0.0388. The van der Waals surface area contributed by atoms with E-state index in [1.54, 1.807) is 45.0 Å². The maximum Gasteiger partial charge on any atom is 0.234 e. The van der Waals surface area contributed by atoms with E-state index in [4.69, 9.17) is 15.2 Å². The lowest BCUT2D eigenvalue weighted by Gasteiger charge is -2.36. The van der Waals surface area contributed by atoms with Crippen molar-refractivity contribution in [3.63, 3.8) is 0 Å². The molecule has 2 aromatic carbocycles. The molecule has 31 heavy (non-hydrogen) atoms. The lowest BCUT2D eigenvalue weighted by Crippen LogP contribution is -2.50. The molecule has 0 radical (unpaired) electrons. The molecule has 8 heteroatoms. The normalized spacial score (nSPS) is 20.6. The number of carbonyl (C=O) groups excluding carboxylic acids is 1. The summed E-state index contributed by atoms with van der Waals surface area (Å²) < 4.78 is 39.9. The Labute approximate surface area is 180 Å². The van der Waals surface area contributed by atoms with Gasteiger partial charge in [0.1, 0.15) is 24.0 Å². The first-order valence-electron chi connectivity index (χ1n) is 10.1. The standard InChI is InChI=1S/C23H28F2N2O4/c1-23(2,3)31-22(29)27-19(10-11-20(27)21(26)28)16-9-8-15(12-18(16)25)30-13-14-6-4-5-7-17(14)24/h4-9,12,19-20,22,29H,10-11,13H2,1-3H3,(H2,26,28)/t19-,20+,22?/m1/s1. The van der Waals surface area contributed by atoms with Crippen LogP contribution in [0.4, 0.5) is 8.78 Å². The van der Waals surface area contributed by atoms with Gasteiger partial charge in [-0.05, 0) is 45.7 Å². The topological polar surface area (TPSA) is 85.0 Å². The van der Waals surface area contributed by atoms with Gasteiger partial charge in [0, 0.05) is 23.2 Å². The molecule has 1 fully saturated rings. The van der Waals surface area contributed by atoms with Crippen molar-refractivity contribution in [3.05, 3.63) is 65.2 Å². The van der Waals surface area contributed by atoms with Gasteiger partial charge in [-0.15, -0.1) is 0 Å². The molecule has 3 atom stereocenters. The summed E-state index contributed by atoms with van der Waals surface area (Å²) in [6, 6.07) is 9.15. The highest BCUT2D eigenvalue weighted by molar-refractivity contribution is 5.80. The van der Waals surface area contributed by atoms with Crippen LogP contribution in [-0.4, -0.2) is 34.0 Å². The maximum atomic E-state index is 15.0. The van der Waals surface area contributed by atoms with Gasteiger partial charge < -0.3 is 20.3 Å². The average Bonchev–Trinajstić information content (AvgIpc) is 3.11. The minimum Gasteiger partial charge on any atom is -0.489 e. The number of ether oxygens (including phenoxy) is 2. The van der Waals surface area contributed by atoms with Gasteiger partial charge in [0.15, 0.2) is 0 Å². The molecule has 1 aliphatic rings. The number of carbonyl (C=O) groups is 1. The van der Waals surface area contributed by atoms with Gasteiger partial charge >= 0.3 is 0 Å². The number of hydrogen-bond acceptors (Lipinski definition) is 5. The summed E-state index contributed by atoms with van der Waals surface area (Å²) in [7, 11) is 0. The zero-order chi connectivity index (χ0) is 22.8. The van der Waals surface area contributed by atoms with Crippen molar-refractivity contribution in [3.8, 4) is 5.75 Å². The summed E-state index contributed by atoms with van der Waals surface area (Å²) in [4.78, 5) is 13.3. The number of primary amides is 1. The van der Waals surface area contributed by atoms with Crippen LogP contribution in [0.3, 0.4) is 0 Å². The van der Waals surface area contributed by atoms with Gasteiger partial charge in [-0.3, -0.25) is 4.79 Å². The second-order valence-corrected chi connectivity index (χ2v) is 8.58. The van der Waals surface area contributed by atoms with E-state index in [9.17, 15) is 18.7 Å². The van der Waals surface area contributed by atoms with Crippen molar-refractivity contribution in [2.45, 2.75) is 64.3 Å². The number of rotatable bonds is 7. The fourth-order valence-electron chi connectivity index (χ4n) is 3.77. The van der Waals surface area contributed by atoms with Crippen molar-refractivity contribution in [2.75, 3.05) is 0 Å². The van der Waals surface area contributed by atoms with Crippen LogP contribution in [0, 0.1) is 11.6 Å². The molecule has 0 saturated carbocycles. The lowest BCUT2D eigenvalue weighted by molar-refractivity contribution is -0.250. The van der Waals surface area contributed by atoms with E-state index in [-0.39, 0.29) is 12.4 Å². The molecule has 0 aliphatic carbocycles. The fraction of sp³-hybridized carbons (Fsp3) is 0.435. The van der Waals surface area contributed by atoms with E-state index in [2.05, 4.69) is 0 Å². The number of benzene rings is 2. The van der Waals surface area contributed by atoms with Crippen molar-refractivity contribution in [1.29, 1.82) is 0 Å². The average molecular weight is 434 g/mol. The fourth-order valence-corrected chi connectivity index (χ4v) is 3.77. The Morgan fingerprint density at radius 1 is 1.19 bits per heavy atom. The molecule has 0 bridgehead atoms. The highest BCUT2D eigenvalue weighted by atomic mass is 19.1. The number of likely N-dealkylation sites (tertiary alicyclic amines) is 1. The zero-order valence-electron chi connectivity index (χ0n) is 17.8. The molecular formula is C23H28F2N2O4. The first-order valence-corrected chi connectivity index (χ1v) is 10.1. The minimum atomic E-state index is -1.43. The van der Waals surface area contributed by atoms with Gasteiger partial charge in [0.2, 0.25) is 12.3 Å². The molecular weight excluding hydrogens is 406 g/mol. The highest BCUT2D eigenvalue weighted by Gasteiger charge is 2.43. The molecule has 1 unspecified atom stereocenters. The van der Waals surface area contributed by atoms with E-state index >= 15 is 0 Å². The van der Waals surface area contributed by atoms with Gasteiger partial charge in [-0.2, -0.15) is 0 Å². The molecule has 168 valence electrons. The highest BCUT2D eigenvalue weighted by Crippen LogP contribution is 2.40. The summed E-state index contributed by atoms with van der Waals surface area (Å²) in [6.45, 7) is 5.26. The molecule has 1 saturated heterocycles. The number of hydrogen-bond donors (Lipinski definition) is 2. The Balaban J connectivity index is 1.80. The molecule has 6 nitrogen and oxygen atoms in total. The summed E-state index contributed by atoms with van der Waals surface area (Å²) in [5, 5.41) is 10.6. The molecule has 3 N–H and O–H groups in total. The molecule has 3 rings (SSSR count). The van der Waals surface area contributed by atoms with Crippen LogP contribution in [0.2, 0.25) is 0 Å². The Morgan fingerprint density at radius 3 is 2.52 bits per heavy atom. The second kappa shape index (κ2) is 9.30. The van der Waals surface area contributed by atoms with E-state index in [0.717, 1.165) is 0 Å². The van der Waals surface area contributed by atoms with Crippen molar-refractivity contribution >= 4 is 5.91 Å². The first kappa shape index (κ1) is 23.1. The third-order valence-electron chi connectivity index (χ3n) is 5.16. The number of nitrogens with two attached hydrogens (primary N) is 1. The smallest absolute Gasteiger partial charge is 0.234 e. The summed E-state index contributed by atoms with van der Waals surface area (Å²) in [5.74, 6) is -1.32. The Bertz CT molecular complexity index is 932. The quantitative estimate of drug-likeness (QED) is 0.650. The van der Waals surface area contributed by atoms with E-state index < -0.39 is 41.6 Å². The summed E-state index contributed by atoms with van der Waals surface area (Å²) in [6.07, 6.45) is -0.638. The van der Waals surface area contributed by atoms with Crippen molar-refractivity contribution in [1.82, 2.24) is 4.90 Å². The molecule has 0 spiro atoms. The largest absolute Gasteiger partial charge is 0.489 e. The SMILES string of the molecule is CC(C)(C)OC(O)N1[C@@H](c2ccc(OCc3ccccc3F)cc2F)CC[C@H]1C(N)=O. The summed E-state index contributed by atoms with van der Waals surface area (Å²) >= 11 is 0. The Morgan fingerprint density at radius 2 is 1.90 bits per heavy atom. The van der Waals surface area contributed by atoms with Crippen molar-refractivity contribution < 1.29 is 28.2 Å². The Hall–Kier alpha value is -2.55. The number of aliphatic hydroxyl groups is 1. The van der Waals surface area contributed by atoms with Gasteiger partial charge in [0.05, 0.1) is 11.6 Å². The van der Waals surface area contributed by atoms with Crippen molar-refractivity contribution in [2.24, 2.45) is 5.73 Å². The number of nitrogens with zero attached hydrogens (tertiary/aromatic N) is 1. The number of halogens is 2. The molecule has 1 amide bonds. The predicted molar refractivity (Wildman–Crippen MR) is 111 cm³/mol. The number of amides is 1. The number of aliphatic hydroxyl groups excluding tert-OH is 1. The van der Waals surface area contributed by atoms with Gasteiger partial charge in [-0.25, -0.2) is 13.7 Å². The molecule has 0 aromatic heterocycles. The van der Waals surface area contributed by atoms with E-state index in [1.165, 1.54) is 23.1 Å². The predicted octanol–water partition coefficient (Wildman–Crippen LogP) is 3.63. The van der Waals surface area contributed by atoms with Crippen LogP contribution in [-0.2, 0) is 16.1 Å².